The molecule has 3 nitrogen and oxygen atoms in total. The van der Waals surface area contributed by atoms with Crippen LogP contribution < -0.4 is 0 Å². The highest BCUT2D eigenvalue weighted by Gasteiger charge is 2.45. The van der Waals surface area contributed by atoms with Gasteiger partial charge in [-0.1, -0.05) is 50.1 Å². The summed E-state index contributed by atoms with van der Waals surface area (Å²) in [5, 5.41) is 30.1. The molecule has 0 spiro atoms. The Morgan fingerprint density at radius 3 is 2.80 bits per heavy atom. The molecule has 5 atom stereocenters. The van der Waals surface area contributed by atoms with Gasteiger partial charge < -0.3 is 15.3 Å². The lowest BCUT2D eigenvalue weighted by Crippen LogP contribution is -2.32. The van der Waals surface area contributed by atoms with Gasteiger partial charge in [0.25, 0.3) is 0 Å². The third-order valence-electron chi connectivity index (χ3n) is 7.90. The molecule has 3 heteroatoms. The van der Waals surface area contributed by atoms with Gasteiger partial charge in [-0.2, -0.15) is 0 Å². The van der Waals surface area contributed by atoms with Crippen molar-refractivity contribution in [3.05, 3.63) is 47.3 Å². The fraction of sp³-hybridized carbons (Fsp3) is 0.704. The zero-order valence-electron chi connectivity index (χ0n) is 19.5. The number of rotatable bonds is 7. The van der Waals surface area contributed by atoms with E-state index in [4.69, 9.17) is 0 Å². The predicted octanol–water partition coefficient (Wildman–Crippen LogP) is 6.40. The molecule has 1 unspecified atom stereocenters. The van der Waals surface area contributed by atoms with Gasteiger partial charge >= 0.3 is 0 Å². The summed E-state index contributed by atoms with van der Waals surface area (Å²) in [6.07, 6.45) is 15.1. The second kappa shape index (κ2) is 9.04. The van der Waals surface area contributed by atoms with E-state index in [0.717, 1.165) is 44.1 Å². The second-order valence-corrected chi connectivity index (χ2v) is 10.9. The van der Waals surface area contributed by atoms with Crippen LogP contribution in [0.25, 0.3) is 0 Å². The normalized spacial score (nSPS) is 34.5. The Bertz CT molecular complexity index is 736. The van der Waals surface area contributed by atoms with E-state index in [9.17, 15) is 15.3 Å². The fourth-order valence-electron chi connectivity index (χ4n) is 6.14. The summed E-state index contributed by atoms with van der Waals surface area (Å²) in [6, 6.07) is 0. The number of fused-ring (bicyclic) bond motifs is 1. The first-order chi connectivity index (χ1) is 14.0. The molecule has 0 aromatic heterocycles. The maximum Gasteiger partial charge on any atom is 0.0918 e. The molecule has 0 amide bonds. The number of aliphatic hydroxyl groups is 3. The average Bonchev–Trinajstić information content (AvgIpc) is 3.00. The third-order valence-corrected chi connectivity index (χ3v) is 7.90. The predicted molar refractivity (Wildman–Crippen MR) is 124 cm³/mol. The fourth-order valence-corrected chi connectivity index (χ4v) is 6.14. The average molecular weight is 415 g/mol. The number of hydrogen-bond acceptors (Lipinski definition) is 3. The van der Waals surface area contributed by atoms with Crippen molar-refractivity contribution in [1.82, 2.24) is 0 Å². The van der Waals surface area contributed by atoms with Crippen LogP contribution in [-0.4, -0.2) is 27.0 Å². The SMILES string of the molecule is C=C1C(C/C=C2\CCC[C@@]3(C)C([C@H](C)CCCC(C)(C)O)=CC[C@@H]23)C=C(O)C[C@H]1O. The van der Waals surface area contributed by atoms with Crippen molar-refractivity contribution in [3.8, 4) is 0 Å². The van der Waals surface area contributed by atoms with Gasteiger partial charge in [-0.25, -0.2) is 0 Å². The van der Waals surface area contributed by atoms with Gasteiger partial charge in [0.1, 0.15) is 0 Å². The van der Waals surface area contributed by atoms with Crippen LogP contribution >= 0.6 is 0 Å². The van der Waals surface area contributed by atoms with Gasteiger partial charge in [-0.3, -0.25) is 0 Å². The first-order valence-electron chi connectivity index (χ1n) is 11.9. The van der Waals surface area contributed by atoms with E-state index in [1.54, 1.807) is 11.1 Å². The van der Waals surface area contributed by atoms with Crippen LogP contribution in [0.2, 0.25) is 0 Å². The number of aliphatic hydroxyl groups excluding tert-OH is 2. The standard InChI is InChI=1S/C27H42O3/c1-18(8-6-14-26(3,4)30)23-12-13-24-20(9-7-15-27(23,24)5)10-11-21-16-22(28)17-25(29)19(21)2/h10,12,16,18,21,24-25,28-30H,2,6-9,11,13-15,17H2,1,3-5H3/b20-10+/t18-,21?,24+,25-,27+/m1/s1. The highest BCUT2D eigenvalue weighted by Crippen LogP contribution is 2.57. The largest absolute Gasteiger partial charge is 0.513 e. The molecule has 0 aromatic carbocycles. The molecule has 0 aliphatic heterocycles. The second-order valence-electron chi connectivity index (χ2n) is 10.9. The van der Waals surface area contributed by atoms with E-state index in [1.807, 2.05) is 19.9 Å². The van der Waals surface area contributed by atoms with Crippen molar-refractivity contribution in [3.63, 3.8) is 0 Å². The topological polar surface area (TPSA) is 60.7 Å². The van der Waals surface area contributed by atoms with Gasteiger partial charge in [-0.05, 0) is 87.7 Å². The van der Waals surface area contributed by atoms with E-state index in [0.29, 0.717) is 18.3 Å². The van der Waals surface area contributed by atoms with Gasteiger partial charge in [0.2, 0.25) is 0 Å². The molecule has 1 fully saturated rings. The maximum atomic E-state index is 10.1. The minimum Gasteiger partial charge on any atom is -0.513 e. The van der Waals surface area contributed by atoms with Crippen LogP contribution in [0.3, 0.4) is 0 Å². The minimum atomic E-state index is -0.625. The zero-order valence-corrected chi connectivity index (χ0v) is 19.5. The Kier molecular flexibility index (Phi) is 7.04. The Morgan fingerprint density at radius 2 is 2.10 bits per heavy atom. The van der Waals surface area contributed by atoms with Crippen LogP contribution in [0.15, 0.2) is 47.3 Å². The Labute approximate surface area is 183 Å². The highest BCUT2D eigenvalue weighted by atomic mass is 16.3. The Morgan fingerprint density at radius 1 is 1.37 bits per heavy atom. The van der Waals surface area contributed by atoms with E-state index in [2.05, 4.69) is 32.6 Å². The molecule has 0 saturated heterocycles. The number of allylic oxidation sites excluding steroid dienone is 5. The van der Waals surface area contributed by atoms with Crippen LogP contribution in [0.1, 0.15) is 85.5 Å². The van der Waals surface area contributed by atoms with E-state index in [-0.39, 0.29) is 17.1 Å². The minimum absolute atomic E-state index is 0.0315. The van der Waals surface area contributed by atoms with Crippen LogP contribution in [0.5, 0.6) is 0 Å². The van der Waals surface area contributed by atoms with Gasteiger partial charge in [0, 0.05) is 12.3 Å². The first kappa shape index (κ1) is 23.3. The molecule has 168 valence electrons. The lowest BCUT2D eigenvalue weighted by atomic mass is 9.62. The maximum absolute atomic E-state index is 10.1. The summed E-state index contributed by atoms with van der Waals surface area (Å²) in [5.41, 5.74) is 3.69. The molecule has 3 rings (SSSR count). The molecule has 3 N–H and O–H groups in total. The first-order valence-corrected chi connectivity index (χ1v) is 11.9. The highest BCUT2D eigenvalue weighted by molar-refractivity contribution is 5.33. The van der Waals surface area contributed by atoms with Gasteiger partial charge in [-0.15, -0.1) is 0 Å². The summed E-state index contributed by atoms with van der Waals surface area (Å²) >= 11 is 0. The molecular weight excluding hydrogens is 372 g/mol. The summed E-state index contributed by atoms with van der Waals surface area (Å²) in [5.74, 6) is 1.47. The summed E-state index contributed by atoms with van der Waals surface area (Å²) in [7, 11) is 0. The van der Waals surface area contributed by atoms with Crippen molar-refractivity contribution in [2.45, 2.75) is 97.2 Å². The summed E-state index contributed by atoms with van der Waals surface area (Å²) in [4.78, 5) is 0. The molecule has 0 radical (unpaired) electrons. The van der Waals surface area contributed by atoms with Gasteiger partial charge in [0.15, 0.2) is 0 Å². The third kappa shape index (κ3) is 5.11. The molecular formula is C27H42O3. The summed E-state index contributed by atoms with van der Waals surface area (Å²) < 4.78 is 0. The number of hydrogen-bond donors (Lipinski definition) is 3. The molecule has 0 heterocycles. The molecule has 0 bridgehead atoms. The quantitative estimate of drug-likeness (QED) is 0.423. The van der Waals surface area contributed by atoms with E-state index in [1.165, 1.54) is 12.8 Å². The van der Waals surface area contributed by atoms with Crippen molar-refractivity contribution >= 4 is 0 Å². The van der Waals surface area contributed by atoms with Gasteiger partial charge in [0.05, 0.1) is 17.5 Å². The van der Waals surface area contributed by atoms with Crippen LogP contribution in [0, 0.1) is 23.2 Å². The molecule has 3 aliphatic carbocycles. The summed E-state index contributed by atoms with van der Waals surface area (Å²) in [6.45, 7) is 12.7. The van der Waals surface area contributed by atoms with E-state index < -0.39 is 11.7 Å². The molecule has 3 aliphatic rings. The van der Waals surface area contributed by atoms with Crippen molar-refractivity contribution in [2.24, 2.45) is 23.2 Å². The lowest BCUT2D eigenvalue weighted by Gasteiger charge is -2.43. The van der Waals surface area contributed by atoms with Crippen LogP contribution in [-0.2, 0) is 0 Å². The molecule has 0 aromatic rings. The lowest BCUT2D eigenvalue weighted by molar-refractivity contribution is 0.0670. The van der Waals surface area contributed by atoms with Crippen LogP contribution in [0.4, 0.5) is 0 Å². The Balaban J connectivity index is 1.67. The van der Waals surface area contributed by atoms with Crippen molar-refractivity contribution in [1.29, 1.82) is 0 Å². The molecule has 30 heavy (non-hydrogen) atoms. The monoisotopic (exact) mass is 414 g/mol. The Hall–Kier alpha value is -1.32. The van der Waals surface area contributed by atoms with Crippen molar-refractivity contribution in [2.75, 3.05) is 0 Å². The molecule has 1 saturated carbocycles. The zero-order chi connectivity index (χ0) is 22.1. The smallest absolute Gasteiger partial charge is 0.0918 e. The van der Waals surface area contributed by atoms with E-state index >= 15 is 0 Å². The van der Waals surface area contributed by atoms with Crippen molar-refractivity contribution < 1.29 is 15.3 Å².